The van der Waals surface area contributed by atoms with Gasteiger partial charge < -0.3 is 14.7 Å². The summed E-state index contributed by atoms with van der Waals surface area (Å²) in [7, 11) is 0. The molecule has 0 aliphatic heterocycles. The van der Waals surface area contributed by atoms with Crippen LogP contribution in [0.15, 0.2) is 56.7 Å². The lowest BCUT2D eigenvalue weighted by Crippen LogP contribution is -2.34. The van der Waals surface area contributed by atoms with E-state index in [0.29, 0.717) is 32.9 Å². The zero-order valence-electron chi connectivity index (χ0n) is 17.7. The standard InChI is InChI=1S/C24H18FN3O4S/c1-12-3-6-19-15(7-12)20(28-22(29)16-10-33-11-18(16)26-24(28)32)21(23(30)31)27(19)9-14-4-5-17(25)13(2)8-14/h3-8,10-11H,9H2,1-2H3,(H,26,32)(H,30,31). The smallest absolute Gasteiger partial charge is 0.354 e. The molecule has 3 heterocycles. The van der Waals surface area contributed by atoms with Crippen LogP contribution in [0.5, 0.6) is 0 Å². The number of nitrogens with zero attached hydrogens (tertiary/aromatic N) is 2. The van der Waals surface area contributed by atoms with E-state index in [1.54, 1.807) is 46.5 Å². The van der Waals surface area contributed by atoms with Crippen molar-refractivity contribution in [3.8, 4) is 5.69 Å². The molecule has 0 amide bonds. The lowest BCUT2D eigenvalue weighted by atomic mass is 10.1. The highest BCUT2D eigenvalue weighted by Gasteiger charge is 2.27. The Morgan fingerprint density at radius 2 is 1.88 bits per heavy atom. The minimum Gasteiger partial charge on any atom is -0.477 e. The van der Waals surface area contributed by atoms with Crippen LogP contribution in [0, 0.1) is 19.7 Å². The Bertz CT molecular complexity index is 1710. The zero-order chi connectivity index (χ0) is 23.4. The quantitative estimate of drug-likeness (QED) is 0.418. The Morgan fingerprint density at radius 1 is 1.09 bits per heavy atom. The number of aryl methyl sites for hydroxylation is 2. The summed E-state index contributed by atoms with van der Waals surface area (Å²) < 4.78 is 16.2. The third kappa shape index (κ3) is 3.28. The highest BCUT2D eigenvalue weighted by atomic mass is 32.1. The Labute approximate surface area is 190 Å². The van der Waals surface area contributed by atoms with E-state index in [-0.39, 0.29) is 23.7 Å². The van der Waals surface area contributed by atoms with E-state index in [9.17, 15) is 23.9 Å². The maximum Gasteiger partial charge on any atom is 0.354 e. The zero-order valence-corrected chi connectivity index (χ0v) is 18.5. The summed E-state index contributed by atoms with van der Waals surface area (Å²) >= 11 is 1.27. The van der Waals surface area contributed by atoms with E-state index in [0.717, 1.165) is 10.1 Å². The number of rotatable bonds is 4. The molecule has 166 valence electrons. The van der Waals surface area contributed by atoms with Crippen LogP contribution >= 0.6 is 11.3 Å². The average molecular weight is 463 g/mol. The van der Waals surface area contributed by atoms with Crippen molar-refractivity contribution in [3.63, 3.8) is 0 Å². The fourth-order valence-corrected chi connectivity index (χ4v) is 4.95. The van der Waals surface area contributed by atoms with Crippen LogP contribution in [0.25, 0.3) is 27.5 Å². The molecule has 9 heteroatoms. The number of fused-ring (bicyclic) bond motifs is 2. The predicted octanol–water partition coefficient (Wildman–Crippen LogP) is 4.20. The summed E-state index contributed by atoms with van der Waals surface area (Å²) in [5.74, 6) is -1.64. The van der Waals surface area contributed by atoms with Gasteiger partial charge in [-0.15, -0.1) is 11.3 Å². The number of benzene rings is 2. The molecule has 5 aromatic rings. The van der Waals surface area contributed by atoms with Crippen LogP contribution in [0.2, 0.25) is 0 Å². The van der Waals surface area contributed by atoms with Crippen molar-refractivity contribution in [1.82, 2.24) is 14.1 Å². The van der Waals surface area contributed by atoms with Crippen LogP contribution in [-0.2, 0) is 6.54 Å². The van der Waals surface area contributed by atoms with Gasteiger partial charge in [-0.1, -0.05) is 23.8 Å². The molecule has 0 fully saturated rings. The van der Waals surface area contributed by atoms with Gasteiger partial charge in [0.15, 0.2) is 5.69 Å². The van der Waals surface area contributed by atoms with E-state index in [2.05, 4.69) is 4.98 Å². The Kier molecular flexibility index (Phi) is 4.79. The minimum absolute atomic E-state index is 0.0133. The summed E-state index contributed by atoms with van der Waals surface area (Å²) in [5, 5.41) is 14.3. The minimum atomic E-state index is -1.28. The van der Waals surface area contributed by atoms with E-state index in [1.165, 1.54) is 17.4 Å². The highest BCUT2D eigenvalue weighted by molar-refractivity contribution is 7.09. The van der Waals surface area contributed by atoms with Gasteiger partial charge in [0.05, 0.1) is 22.1 Å². The number of carboxylic acids is 1. The van der Waals surface area contributed by atoms with Crippen LogP contribution in [0.3, 0.4) is 0 Å². The second kappa shape index (κ2) is 7.56. The molecular weight excluding hydrogens is 445 g/mol. The highest BCUT2D eigenvalue weighted by Crippen LogP contribution is 2.31. The SMILES string of the molecule is Cc1ccc2c(c1)c(-n1c(=O)[nH]c3cscc3c1=O)c(C(=O)O)n2Cc1ccc(F)c(C)c1. The normalized spacial score (nSPS) is 11.5. The van der Waals surface area contributed by atoms with Gasteiger partial charge in [0, 0.05) is 22.7 Å². The van der Waals surface area contributed by atoms with Crippen LogP contribution in [0.1, 0.15) is 27.2 Å². The largest absolute Gasteiger partial charge is 0.477 e. The number of H-pyrrole nitrogens is 1. The number of aromatic carboxylic acids is 1. The van der Waals surface area contributed by atoms with Gasteiger partial charge in [0.1, 0.15) is 5.82 Å². The van der Waals surface area contributed by atoms with E-state index < -0.39 is 17.2 Å². The molecule has 2 aromatic carbocycles. The molecule has 3 aromatic heterocycles. The summed E-state index contributed by atoms with van der Waals surface area (Å²) in [6.45, 7) is 3.60. The van der Waals surface area contributed by atoms with Gasteiger partial charge in [0.2, 0.25) is 0 Å². The molecule has 33 heavy (non-hydrogen) atoms. The fourth-order valence-electron chi connectivity index (χ4n) is 4.19. The molecule has 0 saturated heterocycles. The molecule has 0 aliphatic carbocycles. The first-order valence-corrected chi connectivity index (χ1v) is 11.0. The Hall–Kier alpha value is -3.98. The molecule has 0 spiro atoms. The van der Waals surface area contributed by atoms with Gasteiger partial charge in [-0.05, 0) is 43.2 Å². The molecule has 0 atom stereocenters. The summed E-state index contributed by atoms with van der Waals surface area (Å²) in [6, 6.07) is 9.93. The molecular formula is C24H18FN3O4S. The topological polar surface area (TPSA) is 97.1 Å². The van der Waals surface area contributed by atoms with Crippen molar-refractivity contribution >= 4 is 39.1 Å². The molecule has 0 radical (unpaired) electrons. The molecule has 2 N–H and O–H groups in total. The first-order valence-electron chi connectivity index (χ1n) is 10.1. The number of nitrogens with one attached hydrogen (secondary N) is 1. The molecule has 5 rings (SSSR count). The first-order chi connectivity index (χ1) is 15.8. The maximum absolute atomic E-state index is 13.8. The average Bonchev–Trinajstić information content (AvgIpc) is 3.34. The number of carbonyl (C=O) groups is 1. The number of aromatic nitrogens is 3. The third-order valence-electron chi connectivity index (χ3n) is 5.72. The van der Waals surface area contributed by atoms with E-state index in [1.807, 2.05) is 13.0 Å². The van der Waals surface area contributed by atoms with E-state index in [4.69, 9.17) is 0 Å². The maximum atomic E-state index is 13.8. The number of halogens is 1. The van der Waals surface area contributed by atoms with Gasteiger partial charge in [0.25, 0.3) is 5.56 Å². The van der Waals surface area contributed by atoms with Crippen LogP contribution < -0.4 is 11.2 Å². The number of carboxylic acid groups (broad SMARTS) is 1. The Morgan fingerprint density at radius 3 is 2.61 bits per heavy atom. The molecule has 0 bridgehead atoms. The second-order valence-electron chi connectivity index (χ2n) is 7.96. The predicted molar refractivity (Wildman–Crippen MR) is 125 cm³/mol. The van der Waals surface area contributed by atoms with Crippen molar-refractivity contribution in [2.75, 3.05) is 0 Å². The van der Waals surface area contributed by atoms with Gasteiger partial charge in [-0.25, -0.2) is 18.5 Å². The van der Waals surface area contributed by atoms with Crippen molar-refractivity contribution in [3.05, 3.63) is 96.2 Å². The summed E-state index contributed by atoms with van der Waals surface area (Å²) in [4.78, 5) is 41.4. The number of thiophene rings is 1. The number of hydrogen-bond donors (Lipinski definition) is 2. The monoisotopic (exact) mass is 463 g/mol. The lowest BCUT2D eigenvalue weighted by Gasteiger charge is -2.11. The van der Waals surface area contributed by atoms with Crippen LogP contribution in [-0.4, -0.2) is 25.2 Å². The van der Waals surface area contributed by atoms with Gasteiger partial charge in [-0.2, -0.15) is 0 Å². The lowest BCUT2D eigenvalue weighted by molar-refractivity contribution is 0.0686. The van der Waals surface area contributed by atoms with Crippen molar-refractivity contribution in [2.45, 2.75) is 20.4 Å². The van der Waals surface area contributed by atoms with Crippen LogP contribution in [0.4, 0.5) is 4.39 Å². The molecule has 0 unspecified atom stereocenters. The molecule has 7 nitrogen and oxygen atoms in total. The number of aromatic amines is 1. The van der Waals surface area contributed by atoms with Crippen molar-refractivity contribution in [1.29, 1.82) is 0 Å². The first kappa shape index (κ1) is 20.9. The Balaban J connectivity index is 1.89. The number of hydrogen-bond acceptors (Lipinski definition) is 4. The second-order valence-corrected chi connectivity index (χ2v) is 8.71. The summed E-state index contributed by atoms with van der Waals surface area (Å²) in [6.07, 6.45) is 0. The van der Waals surface area contributed by atoms with Crippen molar-refractivity contribution < 1.29 is 14.3 Å². The third-order valence-corrected chi connectivity index (χ3v) is 6.47. The van der Waals surface area contributed by atoms with E-state index >= 15 is 0 Å². The summed E-state index contributed by atoms with van der Waals surface area (Å²) in [5.41, 5.74) is 1.44. The van der Waals surface area contributed by atoms with Gasteiger partial charge >= 0.3 is 11.7 Å². The molecule has 0 saturated carbocycles. The van der Waals surface area contributed by atoms with Gasteiger partial charge in [-0.3, -0.25) is 4.79 Å². The molecule has 0 aliphatic rings. The fraction of sp³-hybridized carbons (Fsp3) is 0.125. The van der Waals surface area contributed by atoms with Crippen molar-refractivity contribution in [2.24, 2.45) is 0 Å².